The molecule has 1 aromatic heterocycles. The van der Waals surface area contributed by atoms with Gasteiger partial charge in [0.25, 0.3) is 6.02 Å². The number of amidine groups is 1. The van der Waals surface area contributed by atoms with E-state index in [1.165, 1.54) is 19.2 Å². The summed E-state index contributed by atoms with van der Waals surface area (Å²) in [6.45, 7) is 3.54. The number of aromatic nitrogens is 2. The summed E-state index contributed by atoms with van der Waals surface area (Å²) in [7, 11) is 0. The number of benzene rings is 1. The molecule has 5 rings (SSSR count). The molecule has 6 nitrogen and oxygen atoms in total. The van der Waals surface area contributed by atoms with Crippen LogP contribution in [0.1, 0.15) is 19.3 Å². The lowest BCUT2D eigenvalue weighted by Gasteiger charge is -2.32. The lowest BCUT2D eigenvalue weighted by atomic mass is 9.94. The number of anilines is 1. The molecule has 2 bridgehead atoms. The maximum atomic E-state index is 6.08. The minimum absolute atomic E-state index is 0.522. The molecule has 1 fully saturated rings. The molecular weight excluding hydrogens is 350 g/mol. The summed E-state index contributed by atoms with van der Waals surface area (Å²) in [5.41, 5.74) is 1.74. The quantitative estimate of drug-likeness (QED) is 0.872. The molecule has 0 radical (unpaired) electrons. The predicted octanol–water partition coefficient (Wildman–Crippen LogP) is 3.65. The van der Waals surface area contributed by atoms with Gasteiger partial charge in [-0.2, -0.15) is 0 Å². The van der Waals surface area contributed by atoms with Crippen LogP contribution in [0.3, 0.4) is 0 Å². The van der Waals surface area contributed by atoms with Crippen LogP contribution < -0.4 is 5.32 Å². The maximum absolute atomic E-state index is 6.08. The molecule has 0 amide bonds. The van der Waals surface area contributed by atoms with Crippen molar-refractivity contribution in [3.63, 3.8) is 0 Å². The minimum Gasteiger partial charge on any atom is -0.449 e. The molecule has 2 aromatic rings. The number of hydrogen-bond acceptors (Lipinski definition) is 6. The second-order valence-corrected chi connectivity index (χ2v) is 7.17. The summed E-state index contributed by atoms with van der Waals surface area (Å²) in [4.78, 5) is 15.6. The lowest BCUT2D eigenvalue weighted by molar-refractivity contribution is 0.0761. The molecule has 0 atom stereocenters. The van der Waals surface area contributed by atoms with Crippen LogP contribution in [0.5, 0.6) is 0 Å². The van der Waals surface area contributed by atoms with Crippen LogP contribution >= 0.6 is 11.6 Å². The average Bonchev–Trinajstić information content (AvgIpc) is 2.68. The zero-order valence-corrected chi connectivity index (χ0v) is 15.3. The Hall–Kier alpha value is -2.18. The molecule has 3 aliphatic rings. The molecule has 0 unspecified atom stereocenters. The first-order chi connectivity index (χ1) is 12.8. The topological polar surface area (TPSA) is 62.6 Å². The van der Waals surface area contributed by atoms with Gasteiger partial charge in [-0.3, -0.25) is 10.2 Å². The maximum Gasteiger partial charge on any atom is 0.291 e. The summed E-state index contributed by atoms with van der Waals surface area (Å²) in [5, 5.41) is 3.88. The molecule has 0 spiro atoms. The van der Waals surface area contributed by atoms with Crippen molar-refractivity contribution in [2.45, 2.75) is 19.3 Å². The van der Waals surface area contributed by atoms with Crippen LogP contribution in [-0.4, -0.2) is 47.3 Å². The van der Waals surface area contributed by atoms with E-state index in [0.29, 0.717) is 23.6 Å². The van der Waals surface area contributed by atoms with Gasteiger partial charge in [0, 0.05) is 36.3 Å². The number of halogens is 1. The highest BCUT2D eigenvalue weighted by atomic mass is 35.5. The number of ether oxygens (including phenoxy) is 1. The summed E-state index contributed by atoms with van der Waals surface area (Å²) < 4.78 is 5.90. The first-order valence-electron chi connectivity index (χ1n) is 9.01. The summed E-state index contributed by atoms with van der Waals surface area (Å²) in [6.07, 6.45) is 5.14. The number of piperidine rings is 1. The molecule has 1 saturated heterocycles. The van der Waals surface area contributed by atoms with Crippen LogP contribution in [0, 0.1) is 5.92 Å². The summed E-state index contributed by atoms with van der Waals surface area (Å²) >= 11 is 6.08. The lowest BCUT2D eigenvalue weighted by Crippen LogP contribution is -2.38. The molecule has 4 heterocycles. The first-order valence-corrected chi connectivity index (χ1v) is 9.39. The van der Waals surface area contributed by atoms with Crippen LogP contribution in [0.15, 0.2) is 41.7 Å². The Labute approximate surface area is 158 Å². The highest BCUT2D eigenvalue weighted by Gasteiger charge is 2.21. The van der Waals surface area contributed by atoms with Crippen molar-refractivity contribution in [2.75, 3.05) is 31.7 Å². The SMILES string of the molecule is Clc1cccc(-c2cc(NC3=NCCC4CCN(CC4)CO3)ncn2)c1. The van der Waals surface area contributed by atoms with E-state index in [-0.39, 0.29) is 0 Å². The van der Waals surface area contributed by atoms with E-state index < -0.39 is 0 Å². The van der Waals surface area contributed by atoms with Crippen LogP contribution in [0.2, 0.25) is 5.02 Å². The van der Waals surface area contributed by atoms with Crippen molar-refractivity contribution < 1.29 is 4.74 Å². The predicted molar refractivity (Wildman–Crippen MR) is 103 cm³/mol. The zero-order valence-electron chi connectivity index (χ0n) is 14.6. The van der Waals surface area contributed by atoms with E-state index >= 15 is 0 Å². The van der Waals surface area contributed by atoms with Crippen molar-refractivity contribution in [1.29, 1.82) is 0 Å². The van der Waals surface area contributed by atoms with Gasteiger partial charge in [0.05, 0.1) is 5.69 Å². The highest BCUT2D eigenvalue weighted by Crippen LogP contribution is 2.23. The van der Waals surface area contributed by atoms with Gasteiger partial charge in [-0.25, -0.2) is 15.0 Å². The van der Waals surface area contributed by atoms with Gasteiger partial charge in [-0.15, -0.1) is 0 Å². The Balaban J connectivity index is 1.50. The van der Waals surface area contributed by atoms with Crippen molar-refractivity contribution in [2.24, 2.45) is 10.9 Å². The third-order valence-corrected chi connectivity index (χ3v) is 5.14. The third kappa shape index (κ3) is 4.31. The number of nitrogens with one attached hydrogen (secondary N) is 1. The van der Waals surface area contributed by atoms with Crippen molar-refractivity contribution in [1.82, 2.24) is 14.9 Å². The third-order valence-electron chi connectivity index (χ3n) is 4.91. The van der Waals surface area contributed by atoms with Gasteiger partial charge in [-0.1, -0.05) is 23.7 Å². The number of hydrogen-bond donors (Lipinski definition) is 1. The van der Waals surface area contributed by atoms with Crippen molar-refractivity contribution >= 4 is 23.4 Å². The largest absolute Gasteiger partial charge is 0.449 e. The molecular formula is C19H22ClN5O. The molecule has 0 saturated carbocycles. The Morgan fingerprint density at radius 1 is 1.12 bits per heavy atom. The van der Waals surface area contributed by atoms with Crippen LogP contribution in [-0.2, 0) is 4.74 Å². The number of fused-ring (bicyclic) bond motifs is 6. The highest BCUT2D eigenvalue weighted by molar-refractivity contribution is 6.30. The Morgan fingerprint density at radius 2 is 2.00 bits per heavy atom. The van der Waals surface area contributed by atoms with Crippen molar-refractivity contribution in [3.05, 3.63) is 41.7 Å². The molecule has 7 heteroatoms. The molecule has 1 N–H and O–H groups in total. The van der Waals surface area contributed by atoms with Gasteiger partial charge in [0.2, 0.25) is 0 Å². The van der Waals surface area contributed by atoms with Crippen LogP contribution in [0.4, 0.5) is 5.82 Å². The van der Waals surface area contributed by atoms with E-state index in [9.17, 15) is 0 Å². The average molecular weight is 372 g/mol. The summed E-state index contributed by atoms with van der Waals surface area (Å²) in [5.74, 6) is 1.44. The molecule has 136 valence electrons. The number of aliphatic imine (C=N–C) groups is 1. The smallest absolute Gasteiger partial charge is 0.291 e. The first kappa shape index (κ1) is 17.2. The monoisotopic (exact) mass is 371 g/mol. The van der Waals surface area contributed by atoms with E-state index in [1.54, 1.807) is 0 Å². The number of rotatable bonds is 2. The minimum atomic E-state index is 0.522. The molecule has 0 aliphatic carbocycles. The second-order valence-electron chi connectivity index (χ2n) is 6.73. The molecule has 26 heavy (non-hydrogen) atoms. The summed E-state index contributed by atoms with van der Waals surface area (Å²) in [6, 6.07) is 10.0. The zero-order chi connectivity index (χ0) is 17.8. The Morgan fingerprint density at radius 3 is 2.85 bits per heavy atom. The normalized spacial score (nSPS) is 23.0. The molecule has 3 aliphatic heterocycles. The fourth-order valence-electron chi connectivity index (χ4n) is 3.37. The van der Waals surface area contributed by atoms with Gasteiger partial charge < -0.3 is 4.74 Å². The van der Waals surface area contributed by atoms with Gasteiger partial charge >= 0.3 is 0 Å². The number of nitrogens with zero attached hydrogens (tertiary/aromatic N) is 4. The van der Waals surface area contributed by atoms with Gasteiger partial charge in [0.1, 0.15) is 18.9 Å². The van der Waals surface area contributed by atoms with E-state index in [0.717, 1.165) is 43.2 Å². The van der Waals surface area contributed by atoms with E-state index in [4.69, 9.17) is 16.3 Å². The van der Waals surface area contributed by atoms with E-state index in [1.807, 2.05) is 30.3 Å². The molecule has 1 aromatic carbocycles. The Kier molecular flexibility index (Phi) is 5.32. The Bertz CT molecular complexity index is 789. The van der Waals surface area contributed by atoms with Crippen LogP contribution in [0.25, 0.3) is 11.3 Å². The fraction of sp³-hybridized carbons (Fsp3) is 0.421. The second kappa shape index (κ2) is 8.01. The van der Waals surface area contributed by atoms with Gasteiger partial charge in [0.15, 0.2) is 0 Å². The van der Waals surface area contributed by atoms with E-state index in [2.05, 4.69) is 25.2 Å². The standard InChI is InChI=1S/C19H22ClN5O/c20-16-3-1-2-15(10-16)17-11-18(23-12-22-17)24-19-21-7-4-14-5-8-25(9-6-14)13-26-19/h1-3,10-12,14H,4-9,13H2,(H,21,22,23,24). The van der Waals surface area contributed by atoms with Gasteiger partial charge in [-0.05, 0) is 37.3 Å². The fourth-order valence-corrected chi connectivity index (χ4v) is 3.56. The van der Waals surface area contributed by atoms with Crippen molar-refractivity contribution in [3.8, 4) is 11.3 Å².